The number of carbonyl (C=O) groups excluding carboxylic acids is 2. The highest BCUT2D eigenvalue weighted by Gasteiger charge is 2.31. The average Bonchev–Trinajstić information content (AvgIpc) is 3.09. The highest BCUT2D eigenvalue weighted by atomic mass is 16.3. The molecule has 2 amide bonds. The highest BCUT2D eigenvalue weighted by molar-refractivity contribution is 5.84. The maximum Gasteiger partial charge on any atom is 0.241 e. The van der Waals surface area contributed by atoms with Gasteiger partial charge in [0.15, 0.2) is 0 Å². The second-order valence-electron chi connectivity index (χ2n) is 4.71. The second-order valence-corrected chi connectivity index (χ2v) is 4.71. The van der Waals surface area contributed by atoms with Gasteiger partial charge in [-0.25, -0.2) is 0 Å². The van der Waals surface area contributed by atoms with Crippen molar-refractivity contribution in [3.63, 3.8) is 0 Å². The van der Waals surface area contributed by atoms with Gasteiger partial charge < -0.3 is 15.3 Å². The van der Waals surface area contributed by atoms with E-state index in [-0.39, 0.29) is 18.4 Å². The first kappa shape index (κ1) is 14.0. The van der Waals surface area contributed by atoms with Crippen LogP contribution in [0.4, 0.5) is 0 Å². The van der Waals surface area contributed by atoms with E-state index in [1.165, 1.54) is 4.90 Å². The minimum Gasteiger partial charge on any atom is -0.391 e. The summed E-state index contributed by atoms with van der Waals surface area (Å²) >= 11 is 0. The standard InChI is InChI=1S/C12H22N2O3/c1-3-4-11(16)13-7-12(17)14(2)8-10(15)9-5-6-9/h9-10,15H,3-8H2,1-2H3,(H,13,16). The third-order valence-electron chi connectivity index (χ3n) is 2.97. The molecule has 0 aromatic heterocycles. The topological polar surface area (TPSA) is 69.6 Å². The molecule has 0 aliphatic heterocycles. The zero-order chi connectivity index (χ0) is 12.8. The predicted octanol–water partition coefficient (Wildman–Crippen LogP) is 0.132. The molecular formula is C12H22N2O3. The van der Waals surface area contributed by atoms with Crippen molar-refractivity contribution in [2.75, 3.05) is 20.1 Å². The molecule has 0 spiro atoms. The van der Waals surface area contributed by atoms with Crippen LogP contribution in [0.3, 0.4) is 0 Å². The highest BCUT2D eigenvalue weighted by Crippen LogP contribution is 2.32. The lowest BCUT2D eigenvalue weighted by Gasteiger charge is -2.20. The number of rotatable bonds is 7. The molecule has 1 aliphatic rings. The fraction of sp³-hybridized carbons (Fsp3) is 0.833. The Morgan fingerprint density at radius 2 is 2.12 bits per heavy atom. The lowest BCUT2D eigenvalue weighted by atomic mass is 10.2. The lowest BCUT2D eigenvalue weighted by molar-refractivity contribution is -0.132. The Balaban J connectivity index is 2.19. The molecule has 1 rings (SSSR count). The first-order valence-corrected chi connectivity index (χ1v) is 6.23. The summed E-state index contributed by atoms with van der Waals surface area (Å²) in [5, 5.41) is 12.3. The monoisotopic (exact) mass is 242 g/mol. The van der Waals surface area contributed by atoms with E-state index in [2.05, 4.69) is 5.32 Å². The van der Waals surface area contributed by atoms with Crippen LogP contribution < -0.4 is 5.32 Å². The predicted molar refractivity (Wildman–Crippen MR) is 64.3 cm³/mol. The van der Waals surface area contributed by atoms with Crippen molar-refractivity contribution in [2.45, 2.75) is 38.7 Å². The third-order valence-corrected chi connectivity index (χ3v) is 2.97. The minimum absolute atomic E-state index is 0.0206. The van der Waals surface area contributed by atoms with Gasteiger partial charge in [-0.2, -0.15) is 0 Å². The number of hydrogen-bond acceptors (Lipinski definition) is 3. The van der Waals surface area contributed by atoms with Gasteiger partial charge in [0.05, 0.1) is 12.6 Å². The van der Waals surface area contributed by atoms with Gasteiger partial charge >= 0.3 is 0 Å². The Morgan fingerprint density at radius 1 is 1.47 bits per heavy atom. The molecular weight excluding hydrogens is 220 g/mol. The summed E-state index contributed by atoms with van der Waals surface area (Å²) in [5.41, 5.74) is 0. The summed E-state index contributed by atoms with van der Waals surface area (Å²) in [6.45, 7) is 2.29. The summed E-state index contributed by atoms with van der Waals surface area (Å²) in [6.07, 6.45) is 2.90. The van der Waals surface area contributed by atoms with Crippen molar-refractivity contribution < 1.29 is 14.7 Å². The molecule has 0 aromatic carbocycles. The minimum atomic E-state index is -0.421. The van der Waals surface area contributed by atoms with Crippen molar-refractivity contribution in [3.8, 4) is 0 Å². The summed E-state index contributed by atoms with van der Waals surface area (Å²) in [7, 11) is 1.65. The molecule has 0 radical (unpaired) electrons. The number of nitrogens with zero attached hydrogens (tertiary/aromatic N) is 1. The number of amides is 2. The fourth-order valence-corrected chi connectivity index (χ4v) is 1.64. The smallest absolute Gasteiger partial charge is 0.241 e. The average molecular weight is 242 g/mol. The lowest BCUT2D eigenvalue weighted by Crippen LogP contribution is -2.41. The maximum atomic E-state index is 11.6. The molecule has 0 bridgehead atoms. The number of carbonyl (C=O) groups is 2. The summed E-state index contributed by atoms with van der Waals surface area (Å²) in [6, 6.07) is 0. The molecule has 1 saturated carbocycles. The van der Waals surface area contributed by atoms with Gasteiger partial charge in [-0.15, -0.1) is 0 Å². The second kappa shape index (κ2) is 6.59. The number of hydrogen-bond donors (Lipinski definition) is 2. The van der Waals surface area contributed by atoms with Gasteiger partial charge in [0.1, 0.15) is 0 Å². The first-order chi connectivity index (χ1) is 8.04. The van der Waals surface area contributed by atoms with Crippen LogP contribution in [0.5, 0.6) is 0 Å². The van der Waals surface area contributed by atoms with E-state index in [1.807, 2.05) is 6.92 Å². The quantitative estimate of drug-likeness (QED) is 0.667. The summed E-state index contributed by atoms with van der Waals surface area (Å²) in [4.78, 5) is 24.3. The van der Waals surface area contributed by atoms with Crippen molar-refractivity contribution in [3.05, 3.63) is 0 Å². The van der Waals surface area contributed by atoms with E-state index < -0.39 is 6.10 Å². The molecule has 0 aromatic rings. The van der Waals surface area contributed by atoms with Crippen molar-refractivity contribution >= 4 is 11.8 Å². The van der Waals surface area contributed by atoms with Crippen molar-refractivity contribution in [1.29, 1.82) is 0 Å². The fourth-order valence-electron chi connectivity index (χ4n) is 1.64. The molecule has 17 heavy (non-hydrogen) atoms. The van der Waals surface area contributed by atoms with Crippen LogP contribution in [0.1, 0.15) is 32.6 Å². The number of likely N-dealkylation sites (N-methyl/N-ethyl adjacent to an activating group) is 1. The Kier molecular flexibility index (Phi) is 5.41. The van der Waals surface area contributed by atoms with Crippen LogP contribution in [-0.4, -0.2) is 48.1 Å². The van der Waals surface area contributed by atoms with Crippen LogP contribution in [0.25, 0.3) is 0 Å². The summed E-state index contributed by atoms with van der Waals surface area (Å²) < 4.78 is 0. The molecule has 1 fully saturated rings. The molecule has 1 unspecified atom stereocenters. The Morgan fingerprint density at radius 3 is 2.65 bits per heavy atom. The molecule has 98 valence electrons. The van der Waals surface area contributed by atoms with Crippen LogP contribution in [0.2, 0.25) is 0 Å². The Hall–Kier alpha value is -1.10. The third kappa shape index (κ3) is 5.17. The molecule has 5 nitrogen and oxygen atoms in total. The molecule has 0 saturated heterocycles. The largest absolute Gasteiger partial charge is 0.391 e. The molecule has 0 heterocycles. The first-order valence-electron chi connectivity index (χ1n) is 6.23. The van der Waals surface area contributed by atoms with Crippen LogP contribution in [0.15, 0.2) is 0 Å². The number of aliphatic hydroxyl groups excluding tert-OH is 1. The maximum absolute atomic E-state index is 11.6. The van der Waals surface area contributed by atoms with E-state index in [4.69, 9.17) is 0 Å². The van der Waals surface area contributed by atoms with Crippen LogP contribution in [0, 0.1) is 5.92 Å². The van der Waals surface area contributed by atoms with Crippen molar-refractivity contribution in [2.24, 2.45) is 5.92 Å². The molecule has 2 N–H and O–H groups in total. The van der Waals surface area contributed by atoms with E-state index >= 15 is 0 Å². The van der Waals surface area contributed by atoms with Gasteiger partial charge in [0, 0.05) is 20.0 Å². The van der Waals surface area contributed by atoms with E-state index in [1.54, 1.807) is 7.05 Å². The molecule has 1 atom stereocenters. The zero-order valence-corrected chi connectivity index (χ0v) is 10.6. The Bertz CT molecular complexity index is 277. The van der Waals surface area contributed by atoms with E-state index in [0.717, 1.165) is 19.3 Å². The number of nitrogens with one attached hydrogen (secondary N) is 1. The zero-order valence-electron chi connectivity index (χ0n) is 10.6. The van der Waals surface area contributed by atoms with Gasteiger partial charge in [-0.1, -0.05) is 6.92 Å². The van der Waals surface area contributed by atoms with Gasteiger partial charge in [0.2, 0.25) is 11.8 Å². The van der Waals surface area contributed by atoms with Crippen LogP contribution in [-0.2, 0) is 9.59 Å². The van der Waals surface area contributed by atoms with Gasteiger partial charge in [-0.05, 0) is 25.2 Å². The van der Waals surface area contributed by atoms with Crippen molar-refractivity contribution in [1.82, 2.24) is 10.2 Å². The SMILES string of the molecule is CCCC(=O)NCC(=O)N(C)CC(O)C1CC1. The van der Waals surface area contributed by atoms with Crippen LogP contribution >= 0.6 is 0 Å². The Labute approximate surface area is 102 Å². The normalized spacial score (nSPS) is 16.4. The molecule has 5 heteroatoms. The number of aliphatic hydroxyl groups is 1. The summed E-state index contributed by atoms with van der Waals surface area (Å²) in [5.74, 6) is 0.103. The van der Waals surface area contributed by atoms with Gasteiger partial charge in [0.25, 0.3) is 0 Å². The molecule has 1 aliphatic carbocycles. The van der Waals surface area contributed by atoms with E-state index in [0.29, 0.717) is 18.9 Å². The van der Waals surface area contributed by atoms with E-state index in [9.17, 15) is 14.7 Å². The van der Waals surface area contributed by atoms with Gasteiger partial charge in [-0.3, -0.25) is 9.59 Å².